The molecule has 0 saturated heterocycles. The molecule has 1 aliphatic heterocycles. The van der Waals surface area contributed by atoms with Gasteiger partial charge in [0.2, 0.25) is 0 Å². The third-order valence-electron chi connectivity index (χ3n) is 4.08. The first-order valence-corrected chi connectivity index (χ1v) is 7.64. The molecule has 0 aliphatic carbocycles. The van der Waals surface area contributed by atoms with Gasteiger partial charge in [0.15, 0.2) is 5.69 Å². The lowest BCUT2D eigenvalue weighted by Crippen LogP contribution is -2.25. The van der Waals surface area contributed by atoms with E-state index in [1.165, 1.54) is 6.33 Å². The van der Waals surface area contributed by atoms with Crippen LogP contribution in [0, 0.1) is 6.92 Å². The summed E-state index contributed by atoms with van der Waals surface area (Å²) >= 11 is 0. The zero-order valence-corrected chi connectivity index (χ0v) is 13.1. The molecule has 0 unspecified atom stereocenters. The highest BCUT2D eigenvalue weighted by Crippen LogP contribution is 2.20. The number of benzene rings is 1. The first-order valence-electron chi connectivity index (χ1n) is 7.64. The molecule has 2 aromatic heterocycles. The van der Waals surface area contributed by atoms with Gasteiger partial charge in [-0.1, -0.05) is 6.07 Å². The normalized spacial score (nSPS) is 13.5. The summed E-state index contributed by atoms with van der Waals surface area (Å²) in [5.41, 5.74) is 4.87. The van der Waals surface area contributed by atoms with Crippen LogP contribution < -0.4 is 10.6 Å². The highest BCUT2D eigenvalue weighted by Gasteiger charge is 2.21. The number of fused-ring (bicyclic) bond motifs is 1. The van der Waals surface area contributed by atoms with Crippen LogP contribution in [0.1, 0.15) is 27.3 Å². The van der Waals surface area contributed by atoms with Crippen molar-refractivity contribution in [3.8, 4) is 5.69 Å². The number of nitrogens with one attached hydrogen (secondary N) is 3. The quantitative estimate of drug-likeness (QED) is 0.650. The number of aromatic amines is 1. The first kappa shape index (κ1) is 14.5. The molecule has 3 aromatic rings. The van der Waals surface area contributed by atoms with Gasteiger partial charge < -0.3 is 10.6 Å². The molecule has 122 valence electrons. The third-order valence-corrected chi connectivity index (χ3v) is 4.08. The molecule has 9 heteroatoms. The van der Waals surface area contributed by atoms with Crippen molar-refractivity contribution < 1.29 is 4.79 Å². The molecule has 0 atom stereocenters. The molecule has 3 heterocycles. The van der Waals surface area contributed by atoms with Crippen molar-refractivity contribution in [3.63, 3.8) is 0 Å². The van der Waals surface area contributed by atoms with Crippen LogP contribution in [0.3, 0.4) is 0 Å². The van der Waals surface area contributed by atoms with Gasteiger partial charge in [0.1, 0.15) is 6.33 Å². The highest BCUT2D eigenvalue weighted by molar-refractivity contribution is 6.04. The van der Waals surface area contributed by atoms with E-state index < -0.39 is 0 Å². The lowest BCUT2D eigenvalue weighted by atomic mass is 10.1. The maximum absolute atomic E-state index is 12.6. The number of hydrogen-bond acceptors (Lipinski definition) is 6. The van der Waals surface area contributed by atoms with Crippen LogP contribution >= 0.6 is 0 Å². The van der Waals surface area contributed by atoms with Gasteiger partial charge in [0.05, 0.1) is 5.69 Å². The molecule has 1 aliphatic rings. The molecule has 0 bridgehead atoms. The van der Waals surface area contributed by atoms with E-state index in [-0.39, 0.29) is 5.91 Å². The number of H-pyrrole nitrogens is 1. The molecule has 9 nitrogen and oxygen atoms in total. The largest absolute Gasteiger partial charge is 0.321 e. The smallest absolute Gasteiger partial charge is 0.276 e. The summed E-state index contributed by atoms with van der Waals surface area (Å²) in [7, 11) is 0. The van der Waals surface area contributed by atoms with Crippen molar-refractivity contribution in [2.75, 3.05) is 11.9 Å². The predicted octanol–water partition coefficient (Wildman–Crippen LogP) is 0.592. The minimum Gasteiger partial charge on any atom is -0.321 e. The second-order valence-corrected chi connectivity index (χ2v) is 5.67. The van der Waals surface area contributed by atoms with Crippen molar-refractivity contribution in [2.24, 2.45) is 0 Å². The number of nitrogens with zero attached hydrogens (tertiary/aromatic N) is 5. The van der Waals surface area contributed by atoms with Gasteiger partial charge in [-0.3, -0.25) is 9.89 Å². The Morgan fingerprint density at radius 2 is 2.29 bits per heavy atom. The molecule has 0 fully saturated rings. The topological polar surface area (TPSA) is 113 Å². The average Bonchev–Trinajstić information content (AvgIpc) is 3.26. The second-order valence-electron chi connectivity index (χ2n) is 5.67. The second kappa shape index (κ2) is 5.85. The number of aromatic nitrogens is 6. The molecular weight excluding hydrogens is 308 g/mol. The Balaban J connectivity index is 1.60. The predicted molar refractivity (Wildman–Crippen MR) is 85.8 cm³/mol. The van der Waals surface area contributed by atoms with Crippen LogP contribution in [0.15, 0.2) is 24.5 Å². The summed E-state index contributed by atoms with van der Waals surface area (Å²) < 4.78 is 1.56. The van der Waals surface area contributed by atoms with Crippen molar-refractivity contribution in [2.45, 2.75) is 19.9 Å². The molecule has 3 N–H and O–H groups in total. The minimum atomic E-state index is -0.234. The SMILES string of the molecule is Cc1ccc(NC(=O)c2n[nH]c3c2CNCC3)cc1-n1cnnn1. The van der Waals surface area contributed by atoms with Crippen molar-refractivity contribution in [1.82, 2.24) is 35.7 Å². The third kappa shape index (κ3) is 2.54. The highest BCUT2D eigenvalue weighted by atomic mass is 16.1. The van der Waals surface area contributed by atoms with E-state index in [1.807, 2.05) is 25.1 Å². The summed E-state index contributed by atoms with van der Waals surface area (Å²) in [4.78, 5) is 12.6. The van der Waals surface area contributed by atoms with Crippen LogP contribution in [0.2, 0.25) is 0 Å². The fourth-order valence-electron chi connectivity index (χ4n) is 2.81. The number of carbonyl (C=O) groups excluding carboxylic acids is 1. The number of tetrazole rings is 1. The maximum Gasteiger partial charge on any atom is 0.276 e. The molecule has 24 heavy (non-hydrogen) atoms. The van der Waals surface area contributed by atoms with Gasteiger partial charge >= 0.3 is 0 Å². The number of rotatable bonds is 3. The lowest BCUT2D eigenvalue weighted by Gasteiger charge is -2.13. The van der Waals surface area contributed by atoms with Crippen LogP contribution in [-0.4, -0.2) is 42.9 Å². The summed E-state index contributed by atoms with van der Waals surface area (Å²) in [6, 6.07) is 5.59. The van der Waals surface area contributed by atoms with Gasteiger partial charge in [-0.2, -0.15) is 5.10 Å². The molecule has 1 aromatic carbocycles. The van der Waals surface area contributed by atoms with E-state index in [0.29, 0.717) is 17.9 Å². The van der Waals surface area contributed by atoms with E-state index in [1.54, 1.807) is 4.68 Å². The van der Waals surface area contributed by atoms with Crippen LogP contribution in [-0.2, 0) is 13.0 Å². The van der Waals surface area contributed by atoms with Crippen LogP contribution in [0.5, 0.6) is 0 Å². The van der Waals surface area contributed by atoms with Crippen molar-refractivity contribution in [1.29, 1.82) is 0 Å². The summed E-state index contributed by atoms with van der Waals surface area (Å²) in [5.74, 6) is -0.234. The van der Waals surface area contributed by atoms with Gasteiger partial charge in [0, 0.05) is 36.5 Å². The molecule has 0 radical (unpaired) electrons. The van der Waals surface area contributed by atoms with Gasteiger partial charge in [-0.05, 0) is 35.0 Å². The van der Waals surface area contributed by atoms with Crippen molar-refractivity contribution >= 4 is 11.6 Å². The van der Waals surface area contributed by atoms with Gasteiger partial charge in [-0.25, -0.2) is 4.68 Å². The van der Waals surface area contributed by atoms with E-state index >= 15 is 0 Å². The van der Waals surface area contributed by atoms with Gasteiger partial charge in [0.25, 0.3) is 5.91 Å². The Morgan fingerprint density at radius 3 is 3.12 bits per heavy atom. The average molecular weight is 324 g/mol. The number of anilines is 1. The van der Waals surface area contributed by atoms with E-state index in [2.05, 4.69) is 36.4 Å². The maximum atomic E-state index is 12.6. The Labute approximate surface area is 137 Å². The zero-order valence-electron chi connectivity index (χ0n) is 13.1. The lowest BCUT2D eigenvalue weighted by molar-refractivity contribution is 0.102. The number of amides is 1. The fourth-order valence-corrected chi connectivity index (χ4v) is 2.81. The number of aryl methyl sites for hydroxylation is 1. The minimum absolute atomic E-state index is 0.234. The Morgan fingerprint density at radius 1 is 1.38 bits per heavy atom. The van der Waals surface area contributed by atoms with Crippen molar-refractivity contribution in [3.05, 3.63) is 47.0 Å². The van der Waals surface area contributed by atoms with Crippen LogP contribution in [0.25, 0.3) is 5.69 Å². The van der Waals surface area contributed by atoms with E-state index in [0.717, 1.165) is 35.5 Å². The first-order chi connectivity index (χ1) is 11.7. The fraction of sp³-hybridized carbons (Fsp3) is 0.267. The Kier molecular flexibility index (Phi) is 3.54. The monoisotopic (exact) mass is 324 g/mol. The standard InChI is InChI=1S/C15H16N8O/c1-9-2-3-10(6-13(9)23-8-17-21-22-23)18-15(24)14-11-7-16-5-4-12(11)19-20-14/h2-3,6,8,16H,4-5,7H2,1H3,(H,18,24)(H,19,20). The molecule has 0 spiro atoms. The molecule has 4 rings (SSSR count). The van der Waals surface area contributed by atoms with E-state index in [4.69, 9.17) is 0 Å². The van der Waals surface area contributed by atoms with Crippen LogP contribution in [0.4, 0.5) is 5.69 Å². The molecule has 1 amide bonds. The molecule has 0 saturated carbocycles. The number of hydrogen-bond donors (Lipinski definition) is 3. The van der Waals surface area contributed by atoms with E-state index in [9.17, 15) is 4.79 Å². The summed E-state index contributed by atoms with van der Waals surface area (Å²) in [6.07, 6.45) is 2.37. The summed E-state index contributed by atoms with van der Waals surface area (Å²) in [5, 5.41) is 24.5. The Hall–Kier alpha value is -3.07. The zero-order chi connectivity index (χ0) is 16.5. The summed E-state index contributed by atoms with van der Waals surface area (Å²) in [6.45, 7) is 3.50. The number of carbonyl (C=O) groups is 1. The van der Waals surface area contributed by atoms with Gasteiger partial charge in [-0.15, -0.1) is 5.10 Å². The Bertz CT molecular complexity index is 883. The molecular formula is C15H16N8O.